The molecule has 29 heavy (non-hydrogen) atoms. The number of rotatable bonds is 7. The van der Waals surface area contributed by atoms with Crippen molar-refractivity contribution in [1.29, 1.82) is 0 Å². The number of carbonyl (C=O) groups is 1. The lowest BCUT2D eigenvalue weighted by Crippen LogP contribution is -2.03. The summed E-state index contributed by atoms with van der Waals surface area (Å²) < 4.78 is 17.7. The number of ether oxygens (including phenoxy) is 3. The minimum atomic E-state index is -1.05. The van der Waals surface area contributed by atoms with Crippen LogP contribution in [0.15, 0.2) is 41.5 Å². The third-order valence-corrected chi connectivity index (χ3v) is 4.34. The van der Waals surface area contributed by atoms with Gasteiger partial charge in [0.05, 0.1) is 33.1 Å². The van der Waals surface area contributed by atoms with Crippen molar-refractivity contribution in [1.82, 2.24) is 14.9 Å². The first kappa shape index (κ1) is 20.1. The van der Waals surface area contributed by atoms with E-state index in [9.17, 15) is 9.90 Å². The van der Waals surface area contributed by atoms with E-state index in [1.165, 1.54) is 38.3 Å². The van der Waals surface area contributed by atoms with Crippen molar-refractivity contribution in [3.8, 4) is 28.6 Å². The summed E-state index contributed by atoms with van der Waals surface area (Å²) >= 11 is 5.27. The van der Waals surface area contributed by atoms with Crippen molar-refractivity contribution in [3.63, 3.8) is 0 Å². The predicted molar refractivity (Wildman–Crippen MR) is 109 cm³/mol. The molecule has 1 heterocycles. The van der Waals surface area contributed by atoms with Gasteiger partial charge in [0.15, 0.2) is 17.3 Å². The first-order valence-corrected chi connectivity index (χ1v) is 8.75. The number of hydrogen-bond acceptors (Lipinski definition) is 7. The van der Waals surface area contributed by atoms with E-state index in [1.807, 2.05) is 0 Å². The number of nitrogens with zero attached hydrogens (tertiary/aromatic N) is 3. The fraction of sp³-hybridized carbons (Fsp3) is 0.158. The molecular weight excluding hydrogens is 396 g/mol. The molecule has 0 atom stereocenters. The summed E-state index contributed by atoms with van der Waals surface area (Å²) in [6.07, 6.45) is 1.41. The zero-order valence-electron chi connectivity index (χ0n) is 15.9. The van der Waals surface area contributed by atoms with E-state index in [1.54, 1.807) is 30.3 Å². The third-order valence-electron chi connectivity index (χ3n) is 4.08. The van der Waals surface area contributed by atoms with Gasteiger partial charge in [-0.2, -0.15) is 14.9 Å². The van der Waals surface area contributed by atoms with Gasteiger partial charge in [-0.3, -0.25) is 0 Å². The Morgan fingerprint density at radius 1 is 1.17 bits per heavy atom. The Balaban J connectivity index is 2.10. The lowest BCUT2D eigenvalue weighted by atomic mass is 10.1. The van der Waals surface area contributed by atoms with Crippen molar-refractivity contribution < 1.29 is 24.1 Å². The number of benzene rings is 2. The van der Waals surface area contributed by atoms with Gasteiger partial charge in [-0.1, -0.05) is 18.2 Å². The quantitative estimate of drug-likeness (QED) is 0.451. The minimum absolute atomic E-state index is 0.126. The highest BCUT2D eigenvalue weighted by molar-refractivity contribution is 7.71. The Hall–Kier alpha value is -3.66. The van der Waals surface area contributed by atoms with E-state index in [4.69, 9.17) is 26.4 Å². The number of aromatic carboxylic acids is 1. The maximum Gasteiger partial charge on any atom is 0.336 e. The first-order chi connectivity index (χ1) is 14.0. The molecule has 0 aliphatic carbocycles. The molecule has 0 saturated heterocycles. The maximum atomic E-state index is 11.4. The standard InChI is InChI=1S/C19H18N4O5S/c1-26-14-8-12(9-15(27-2)16(14)28-3)17-21-22-19(29)23(17)20-10-11-6-4-5-7-13(11)18(24)25/h4-10H,1-3H3,(H,22,29)(H,24,25). The van der Waals surface area contributed by atoms with E-state index in [2.05, 4.69) is 15.3 Å². The molecule has 0 unspecified atom stereocenters. The second kappa shape index (κ2) is 8.57. The highest BCUT2D eigenvalue weighted by Crippen LogP contribution is 2.40. The Kier molecular flexibility index (Phi) is 5.93. The normalized spacial score (nSPS) is 10.9. The number of carboxylic acids is 1. The van der Waals surface area contributed by atoms with Crippen molar-refractivity contribution in [2.24, 2.45) is 5.10 Å². The molecule has 150 valence electrons. The summed E-state index contributed by atoms with van der Waals surface area (Å²) in [7, 11) is 4.54. The van der Waals surface area contributed by atoms with Gasteiger partial charge in [0.1, 0.15) is 0 Å². The average molecular weight is 414 g/mol. The molecule has 3 rings (SSSR count). The van der Waals surface area contributed by atoms with E-state index < -0.39 is 5.97 Å². The molecule has 0 spiro atoms. The molecular formula is C19H18N4O5S. The van der Waals surface area contributed by atoms with Gasteiger partial charge in [0.25, 0.3) is 0 Å². The van der Waals surface area contributed by atoms with Crippen LogP contribution < -0.4 is 14.2 Å². The number of aromatic nitrogens is 3. The number of carboxylic acid groups (broad SMARTS) is 1. The third kappa shape index (κ3) is 3.97. The van der Waals surface area contributed by atoms with Gasteiger partial charge < -0.3 is 19.3 Å². The van der Waals surface area contributed by atoms with Crippen LogP contribution in [0, 0.1) is 4.77 Å². The minimum Gasteiger partial charge on any atom is -0.493 e. The highest BCUT2D eigenvalue weighted by Gasteiger charge is 2.17. The van der Waals surface area contributed by atoms with Crippen molar-refractivity contribution in [3.05, 3.63) is 52.3 Å². The van der Waals surface area contributed by atoms with E-state index in [0.29, 0.717) is 34.2 Å². The first-order valence-electron chi connectivity index (χ1n) is 8.34. The fourth-order valence-electron chi connectivity index (χ4n) is 2.72. The predicted octanol–water partition coefficient (Wildman–Crippen LogP) is 3.21. The molecule has 0 bridgehead atoms. The summed E-state index contributed by atoms with van der Waals surface area (Å²) in [5, 5.41) is 20.6. The summed E-state index contributed by atoms with van der Waals surface area (Å²) in [6.45, 7) is 0. The monoisotopic (exact) mass is 414 g/mol. The number of hydrogen-bond donors (Lipinski definition) is 2. The molecule has 0 aliphatic heterocycles. The molecule has 3 aromatic rings. The lowest BCUT2D eigenvalue weighted by Gasteiger charge is -2.13. The molecule has 0 fully saturated rings. The van der Waals surface area contributed by atoms with Gasteiger partial charge >= 0.3 is 5.97 Å². The van der Waals surface area contributed by atoms with Gasteiger partial charge in [-0.15, -0.1) is 0 Å². The van der Waals surface area contributed by atoms with E-state index in [0.717, 1.165) is 0 Å². The van der Waals surface area contributed by atoms with Crippen molar-refractivity contribution in [2.75, 3.05) is 21.3 Å². The average Bonchev–Trinajstić information content (AvgIpc) is 3.11. The molecule has 2 N–H and O–H groups in total. The zero-order chi connectivity index (χ0) is 21.0. The summed E-state index contributed by atoms with van der Waals surface area (Å²) in [4.78, 5) is 11.4. The topological polar surface area (TPSA) is 111 Å². The molecule has 1 aromatic heterocycles. The van der Waals surface area contributed by atoms with Crippen LogP contribution in [0.5, 0.6) is 17.2 Å². The van der Waals surface area contributed by atoms with Crippen LogP contribution in [0.1, 0.15) is 15.9 Å². The molecule has 0 amide bonds. The Morgan fingerprint density at radius 3 is 2.41 bits per heavy atom. The number of nitrogens with one attached hydrogen (secondary N) is 1. The van der Waals surface area contributed by atoms with Crippen LogP contribution in [0.4, 0.5) is 0 Å². The van der Waals surface area contributed by atoms with Gasteiger partial charge in [-0.05, 0) is 30.4 Å². The van der Waals surface area contributed by atoms with Gasteiger partial charge in [-0.25, -0.2) is 9.89 Å². The summed E-state index contributed by atoms with van der Waals surface area (Å²) in [5.41, 5.74) is 1.16. The van der Waals surface area contributed by atoms with Crippen LogP contribution in [-0.2, 0) is 0 Å². The molecule has 0 radical (unpaired) electrons. The Morgan fingerprint density at radius 2 is 1.83 bits per heavy atom. The Labute approximate surface area is 171 Å². The molecule has 9 nitrogen and oxygen atoms in total. The number of aromatic amines is 1. The summed E-state index contributed by atoms with van der Waals surface area (Å²) in [6, 6.07) is 9.94. The highest BCUT2D eigenvalue weighted by atomic mass is 32.1. The van der Waals surface area contributed by atoms with Gasteiger partial charge in [0, 0.05) is 11.1 Å². The van der Waals surface area contributed by atoms with Crippen molar-refractivity contribution >= 4 is 24.4 Å². The number of methoxy groups -OCH3 is 3. The molecule has 10 heteroatoms. The fourth-order valence-corrected chi connectivity index (χ4v) is 2.90. The van der Waals surface area contributed by atoms with Crippen LogP contribution in [-0.4, -0.2) is 53.5 Å². The second-order valence-electron chi connectivity index (χ2n) is 5.72. The van der Waals surface area contributed by atoms with Crippen LogP contribution in [0.3, 0.4) is 0 Å². The zero-order valence-corrected chi connectivity index (χ0v) is 16.7. The number of H-pyrrole nitrogens is 1. The molecule has 0 aliphatic rings. The smallest absolute Gasteiger partial charge is 0.336 e. The SMILES string of the molecule is COc1cc(-c2n[nH]c(=S)n2N=Cc2ccccc2C(=O)O)cc(OC)c1OC. The largest absolute Gasteiger partial charge is 0.493 e. The maximum absolute atomic E-state index is 11.4. The van der Waals surface area contributed by atoms with Crippen LogP contribution >= 0.6 is 12.2 Å². The lowest BCUT2D eigenvalue weighted by molar-refractivity contribution is 0.0696. The van der Waals surface area contributed by atoms with Crippen LogP contribution in [0.25, 0.3) is 11.4 Å². The Bertz CT molecular complexity index is 1110. The van der Waals surface area contributed by atoms with Crippen molar-refractivity contribution in [2.45, 2.75) is 0 Å². The van der Waals surface area contributed by atoms with Crippen LogP contribution in [0.2, 0.25) is 0 Å². The van der Waals surface area contributed by atoms with E-state index >= 15 is 0 Å². The summed E-state index contributed by atoms with van der Waals surface area (Å²) in [5.74, 6) is 0.675. The van der Waals surface area contributed by atoms with E-state index in [-0.39, 0.29) is 10.3 Å². The second-order valence-corrected chi connectivity index (χ2v) is 6.10. The molecule has 0 saturated carbocycles. The molecule has 2 aromatic carbocycles. The van der Waals surface area contributed by atoms with Gasteiger partial charge in [0.2, 0.25) is 10.5 Å².